The molecule has 1 heterocycles. The number of carbonyl (C=O) groups excluding carboxylic acids is 1. The molecule has 1 aromatic heterocycles. The fraction of sp³-hybridized carbons (Fsp3) is 0.542. The topological polar surface area (TPSA) is 70.2 Å². The van der Waals surface area contributed by atoms with Crippen molar-refractivity contribution in [1.82, 2.24) is 15.3 Å². The van der Waals surface area contributed by atoms with Gasteiger partial charge in [0.05, 0.1) is 5.52 Å². The van der Waals surface area contributed by atoms with Crippen LogP contribution in [0.5, 0.6) is 0 Å². The van der Waals surface area contributed by atoms with Crippen molar-refractivity contribution < 1.29 is 4.79 Å². The minimum absolute atomic E-state index is 0.188. The first kappa shape index (κ1) is 20.6. The molecule has 2 aliphatic carbocycles. The number of benzene rings is 1. The minimum atomic E-state index is 0.188. The average molecular weight is 408 g/mol. The van der Waals surface area contributed by atoms with Crippen molar-refractivity contribution in [3.63, 3.8) is 0 Å². The molecule has 0 spiro atoms. The van der Waals surface area contributed by atoms with Crippen LogP contribution in [0, 0.1) is 0 Å². The summed E-state index contributed by atoms with van der Waals surface area (Å²) >= 11 is 0. The maximum Gasteiger partial charge on any atom is 0.225 e. The van der Waals surface area contributed by atoms with Crippen molar-refractivity contribution in [3.8, 4) is 0 Å². The molecular weight excluding hydrogens is 374 g/mol. The molecule has 1 aromatic carbocycles. The molecule has 2 N–H and O–H groups in total. The van der Waals surface area contributed by atoms with E-state index in [1.54, 1.807) is 0 Å². The number of anilines is 2. The molecule has 0 unspecified atom stereocenters. The molecule has 160 valence electrons. The Morgan fingerprint density at radius 1 is 1.07 bits per heavy atom. The largest absolute Gasteiger partial charge is 0.362 e. The molecule has 30 heavy (non-hydrogen) atoms. The van der Waals surface area contributed by atoms with E-state index < -0.39 is 0 Å². The summed E-state index contributed by atoms with van der Waals surface area (Å²) in [7, 11) is 4.02. The van der Waals surface area contributed by atoms with Crippen LogP contribution in [0.3, 0.4) is 0 Å². The van der Waals surface area contributed by atoms with Gasteiger partial charge in [0.25, 0.3) is 0 Å². The summed E-state index contributed by atoms with van der Waals surface area (Å²) in [5, 5.41) is 7.85. The van der Waals surface area contributed by atoms with Crippen molar-refractivity contribution >= 4 is 28.6 Å². The molecule has 1 amide bonds. The maximum atomic E-state index is 12.4. The van der Waals surface area contributed by atoms with Gasteiger partial charge < -0.3 is 15.5 Å². The zero-order valence-corrected chi connectivity index (χ0v) is 18.2. The SMILES string of the molecule is CN(C)c1nc(NC2CCC(NC(=O)CC3=CCCCC3)CC2)nc2ccccc12. The third-order valence-corrected chi connectivity index (χ3v) is 6.20. The lowest BCUT2D eigenvalue weighted by molar-refractivity contribution is -0.121. The van der Waals surface area contributed by atoms with Gasteiger partial charge in [-0.3, -0.25) is 4.79 Å². The second kappa shape index (κ2) is 9.45. The van der Waals surface area contributed by atoms with Gasteiger partial charge in [-0.2, -0.15) is 4.98 Å². The molecule has 2 aliphatic rings. The Balaban J connectivity index is 1.31. The Morgan fingerprint density at radius 3 is 2.57 bits per heavy atom. The number of nitrogens with one attached hydrogen (secondary N) is 2. The third-order valence-electron chi connectivity index (χ3n) is 6.20. The molecule has 1 fully saturated rings. The van der Waals surface area contributed by atoms with Crippen LogP contribution in [0.2, 0.25) is 0 Å². The van der Waals surface area contributed by atoms with E-state index in [-0.39, 0.29) is 11.9 Å². The lowest BCUT2D eigenvalue weighted by atomic mass is 9.90. The first-order valence-electron chi connectivity index (χ1n) is 11.3. The number of carbonyl (C=O) groups is 1. The van der Waals surface area contributed by atoms with Crippen molar-refractivity contribution in [2.24, 2.45) is 0 Å². The Morgan fingerprint density at radius 2 is 1.83 bits per heavy atom. The van der Waals surface area contributed by atoms with Crippen LogP contribution in [0.4, 0.5) is 11.8 Å². The van der Waals surface area contributed by atoms with E-state index in [0.29, 0.717) is 18.4 Å². The fourth-order valence-corrected chi connectivity index (χ4v) is 4.58. The van der Waals surface area contributed by atoms with E-state index in [4.69, 9.17) is 9.97 Å². The van der Waals surface area contributed by atoms with Gasteiger partial charge >= 0.3 is 0 Å². The predicted molar refractivity (Wildman–Crippen MR) is 123 cm³/mol. The van der Waals surface area contributed by atoms with Crippen molar-refractivity contribution in [2.45, 2.75) is 69.9 Å². The number of hydrogen-bond donors (Lipinski definition) is 2. The van der Waals surface area contributed by atoms with E-state index in [2.05, 4.69) is 22.8 Å². The number of hydrogen-bond acceptors (Lipinski definition) is 5. The highest BCUT2D eigenvalue weighted by Crippen LogP contribution is 2.26. The van der Waals surface area contributed by atoms with Gasteiger partial charge in [-0.1, -0.05) is 23.8 Å². The summed E-state index contributed by atoms with van der Waals surface area (Å²) in [6.45, 7) is 0. The molecule has 1 saturated carbocycles. The lowest BCUT2D eigenvalue weighted by Crippen LogP contribution is -2.40. The average Bonchev–Trinajstić information content (AvgIpc) is 2.75. The van der Waals surface area contributed by atoms with E-state index in [1.807, 2.05) is 37.2 Å². The number of amides is 1. The fourth-order valence-electron chi connectivity index (χ4n) is 4.58. The van der Waals surface area contributed by atoms with E-state index in [1.165, 1.54) is 18.4 Å². The van der Waals surface area contributed by atoms with Crippen LogP contribution in [0.1, 0.15) is 57.8 Å². The van der Waals surface area contributed by atoms with Crippen LogP contribution in [0.15, 0.2) is 35.9 Å². The first-order chi connectivity index (χ1) is 14.6. The first-order valence-corrected chi connectivity index (χ1v) is 11.3. The van der Waals surface area contributed by atoms with E-state index in [0.717, 1.165) is 55.2 Å². The van der Waals surface area contributed by atoms with Gasteiger partial charge in [-0.05, 0) is 63.5 Å². The minimum Gasteiger partial charge on any atom is -0.362 e. The number of para-hydroxylation sites is 1. The molecule has 0 aliphatic heterocycles. The number of rotatable bonds is 6. The van der Waals surface area contributed by atoms with Gasteiger partial charge in [-0.15, -0.1) is 0 Å². The Kier molecular flexibility index (Phi) is 6.50. The molecule has 0 bridgehead atoms. The molecule has 0 atom stereocenters. The highest BCUT2D eigenvalue weighted by molar-refractivity contribution is 5.90. The monoisotopic (exact) mass is 407 g/mol. The van der Waals surface area contributed by atoms with Crippen molar-refractivity contribution in [1.29, 1.82) is 0 Å². The maximum absolute atomic E-state index is 12.4. The Bertz CT molecular complexity index is 915. The van der Waals surface area contributed by atoms with Crippen LogP contribution < -0.4 is 15.5 Å². The molecule has 0 radical (unpaired) electrons. The molecule has 2 aromatic rings. The van der Waals surface area contributed by atoms with Crippen molar-refractivity contribution in [3.05, 3.63) is 35.9 Å². The van der Waals surface area contributed by atoms with Gasteiger partial charge in [0.1, 0.15) is 5.82 Å². The summed E-state index contributed by atoms with van der Waals surface area (Å²) in [4.78, 5) is 23.9. The second-order valence-corrected chi connectivity index (χ2v) is 8.83. The van der Waals surface area contributed by atoms with E-state index in [9.17, 15) is 4.79 Å². The number of aromatic nitrogens is 2. The second-order valence-electron chi connectivity index (χ2n) is 8.83. The molecule has 0 saturated heterocycles. The molecule has 6 nitrogen and oxygen atoms in total. The summed E-state index contributed by atoms with van der Waals surface area (Å²) in [5.41, 5.74) is 2.27. The zero-order valence-electron chi connectivity index (χ0n) is 18.2. The van der Waals surface area contributed by atoms with Gasteiger partial charge in [-0.25, -0.2) is 4.98 Å². The van der Waals surface area contributed by atoms with Crippen molar-refractivity contribution in [2.75, 3.05) is 24.3 Å². The highest BCUT2D eigenvalue weighted by Gasteiger charge is 2.23. The van der Waals surface area contributed by atoms with Crippen LogP contribution >= 0.6 is 0 Å². The summed E-state index contributed by atoms with van der Waals surface area (Å²) < 4.78 is 0. The predicted octanol–water partition coefficient (Wildman–Crippen LogP) is 4.43. The van der Waals surface area contributed by atoms with Crippen LogP contribution in [0.25, 0.3) is 10.9 Å². The number of nitrogens with zero attached hydrogens (tertiary/aromatic N) is 3. The van der Waals surface area contributed by atoms with Gasteiger partial charge in [0.2, 0.25) is 11.9 Å². The van der Waals surface area contributed by atoms with Crippen LogP contribution in [-0.2, 0) is 4.79 Å². The third kappa shape index (κ3) is 5.10. The highest BCUT2D eigenvalue weighted by atomic mass is 16.1. The quantitative estimate of drug-likeness (QED) is 0.694. The number of fused-ring (bicyclic) bond motifs is 1. The zero-order chi connectivity index (χ0) is 20.9. The summed E-state index contributed by atoms with van der Waals surface area (Å²) in [6.07, 6.45) is 11.6. The lowest BCUT2D eigenvalue weighted by Gasteiger charge is -2.30. The van der Waals surface area contributed by atoms with E-state index >= 15 is 0 Å². The molecule has 4 rings (SSSR count). The Hall–Kier alpha value is -2.63. The Labute approximate surface area is 179 Å². The summed E-state index contributed by atoms with van der Waals surface area (Å²) in [6, 6.07) is 8.75. The van der Waals surface area contributed by atoms with Gasteiger partial charge in [0.15, 0.2) is 0 Å². The van der Waals surface area contributed by atoms with Gasteiger partial charge in [0, 0.05) is 38.0 Å². The molecular formula is C24H33N5O. The van der Waals surface area contributed by atoms with Crippen LogP contribution in [-0.4, -0.2) is 42.1 Å². The normalized spacial score (nSPS) is 21.7. The molecule has 6 heteroatoms. The smallest absolute Gasteiger partial charge is 0.225 e. The number of allylic oxidation sites excluding steroid dienone is 1. The standard InChI is InChI=1S/C24H33N5O/c1-29(2)23-20-10-6-7-11-21(20)27-24(28-23)26-19-14-12-18(13-15-19)25-22(30)16-17-8-4-3-5-9-17/h6-8,10-11,18-19H,3-5,9,12-16H2,1-2H3,(H,25,30)(H,26,27,28). The summed E-state index contributed by atoms with van der Waals surface area (Å²) in [5.74, 6) is 1.81.